The number of hydrogen-bond donors (Lipinski definition) is 1. The first-order chi connectivity index (χ1) is 8.97. The number of halogens is 2. The fraction of sp³-hybridized carbons (Fsp3) is 0.846. The molecule has 0 unspecified atom stereocenters. The Labute approximate surface area is 113 Å². The zero-order valence-electron chi connectivity index (χ0n) is 11.5. The Morgan fingerprint density at radius 3 is 2.21 bits per heavy atom. The standard InChI is InChI=1S/C13H22F2N2O2/c1-3-5-13(10-16,6-4-2)12(19)17(7-8-18)9-11(14)15/h11,18H,3-9H2,1-2H3. The minimum Gasteiger partial charge on any atom is -0.395 e. The molecule has 0 aromatic heterocycles. The van der Waals surface area contributed by atoms with Crippen LogP contribution >= 0.6 is 0 Å². The van der Waals surface area contributed by atoms with E-state index in [1.807, 2.05) is 19.9 Å². The average molecular weight is 276 g/mol. The number of aliphatic hydroxyl groups is 1. The molecule has 0 fully saturated rings. The summed E-state index contributed by atoms with van der Waals surface area (Å²) in [4.78, 5) is 13.3. The number of alkyl halides is 2. The number of rotatable bonds is 9. The molecule has 19 heavy (non-hydrogen) atoms. The van der Waals surface area contributed by atoms with Crippen LogP contribution in [0.5, 0.6) is 0 Å². The minimum atomic E-state index is -2.67. The van der Waals surface area contributed by atoms with Crippen LogP contribution in [0.1, 0.15) is 39.5 Å². The van der Waals surface area contributed by atoms with Gasteiger partial charge in [0.2, 0.25) is 5.91 Å². The van der Waals surface area contributed by atoms with Crippen molar-refractivity contribution in [2.24, 2.45) is 5.41 Å². The van der Waals surface area contributed by atoms with Crippen LogP contribution < -0.4 is 0 Å². The molecule has 0 saturated heterocycles. The molecule has 1 amide bonds. The van der Waals surface area contributed by atoms with E-state index in [4.69, 9.17) is 5.11 Å². The molecular weight excluding hydrogens is 254 g/mol. The smallest absolute Gasteiger partial charge is 0.255 e. The Kier molecular flexibility index (Phi) is 8.24. The van der Waals surface area contributed by atoms with E-state index >= 15 is 0 Å². The molecule has 0 aromatic carbocycles. The van der Waals surface area contributed by atoms with Gasteiger partial charge in [-0.15, -0.1) is 0 Å². The molecule has 0 saturated carbocycles. The lowest BCUT2D eigenvalue weighted by atomic mass is 9.79. The van der Waals surface area contributed by atoms with Gasteiger partial charge in [-0.1, -0.05) is 26.7 Å². The van der Waals surface area contributed by atoms with Crippen LogP contribution in [0.3, 0.4) is 0 Å². The van der Waals surface area contributed by atoms with Crippen LogP contribution in [-0.2, 0) is 4.79 Å². The molecule has 0 aliphatic rings. The molecule has 0 aliphatic carbocycles. The molecule has 0 bridgehead atoms. The van der Waals surface area contributed by atoms with E-state index < -0.39 is 30.9 Å². The van der Waals surface area contributed by atoms with Crippen molar-refractivity contribution < 1.29 is 18.7 Å². The summed E-state index contributed by atoms with van der Waals surface area (Å²) in [6, 6.07) is 2.01. The lowest BCUT2D eigenvalue weighted by molar-refractivity contribution is -0.142. The average Bonchev–Trinajstić information content (AvgIpc) is 2.36. The van der Waals surface area contributed by atoms with Crippen molar-refractivity contribution in [1.29, 1.82) is 5.26 Å². The Bertz CT molecular complexity index is 310. The highest BCUT2D eigenvalue weighted by Gasteiger charge is 2.40. The molecule has 0 spiro atoms. The highest BCUT2D eigenvalue weighted by Crippen LogP contribution is 2.31. The van der Waals surface area contributed by atoms with Gasteiger partial charge >= 0.3 is 0 Å². The summed E-state index contributed by atoms with van der Waals surface area (Å²) < 4.78 is 24.9. The third-order valence-corrected chi connectivity index (χ3v) is 2.99. The van der Waals surface area contributed by atoms with E-state index in [2.05, 4.69) is 0 Å². The van der Waals surface area contributed by atoms with Gasteiger partial charge in [0.25, 0.3) is 6.43 Å². The quantitative estimate of drug-likeness (QED) is 0.702. The van der Waals surface area contributed by atoms with E-state index in [-0.39, 0.29) is 6.54 Å². The van der Waals surface area contributed by atoms with Crippen LogP contribution in [0.25, 0.3) is 0 Å². The van der Waals surface area contributed by atoms with E-state index in [9.17, 15) is 18.8 Å². The summed E-state index contributed by atoms with van der Waals surface area (Å²) in [6.45, 7) is 2.39. The van der Waals surface area contributed by atoms with E-state index in [1.54, 1.807) is 0 Å². The molecule has 110 valence electrons. The molecular formula is C13H22F2N2O2. The predicted molar refractivity (Wildman–Crippen MR) is 67.5 cm³/mol. The first kappa shape index (κ1) is 17.8. The number of nitriles is 1. The van der Waals surface area contributed by atoms with Crippen molar-refractivity contribution in [1.82, 2.24) is 4.90 Å². The lowest BCUT2D eigenvalue weighted by Crippen LogP contribution is -2.46. The summed E-state index contributed by atoms with van der Waals surface area (Å²) in [6.07, 6.45) is -0.722. The normalized spacial score (nSPS) is 11.4. The molecule has 4 nitrogen and oxygen atoms in total. The van der Waals surface area contributed by atoms with Gasteiger partial charge in [-0.2, -0.15) is 5.26 Å². The molecule has 0 rings (SSSR count). The van der Waals surface area contributed by atoms with Crippen molar-refractivity contribution in [2.45, 2.75) is 46.0 Å². The Morgan fingerprint density at radius 2 is 1.89 bits per heavy atom. The van der Waals surface area contributed by atoms with Crippen molar-refractivity contribution >= 4 is 5.91 Å². The van der Waals surface area contributed by atoms with Gasteiger partial charge in [0.15, 0.2) is 0 Å². The Hall–Kier alpha value is -1.22. The first-order valence-corrected chi connectivity index (χ1v) is 6.57. The monoisotopic (exact) mass is 276 g/mol. The highest BCUT2D eigenvalue weighted by atomic mass is 19.3. The molecule has 0 atom stereocenters. The zero-order valence-corrected chi connectivity index (χ0v) is 11.5. The maximum absolute atomic E-state index is 12.5. The minimum absolute atomic E-state index is 0.167. The van der Waals surface area contributed by atoms with Gasteiger partial charge in [0, 0.05) is 6.54 Å². The van der Waals surface area contributed by atoms with Gasteiger partial charge in [-0.25, -0.2) is 8.78 Å². The third kappa shape index (κ3) is 5.11. The van der Waals surface area contributed by atoms with Gasteiger partial charge in [-0.05, 0) is 12.8 Å². The largest absolute Gasteiger partial charge is 0.395 e. The maximum atomic E-state index is 12.5. The van der Waals surface area contributed by atoms with Crippen LogP contribution in [0, 0.1) is 16.7 Å². The van der Waals surface area contributed by atoms with Crippen molar-refractivity contribution in [2.75, 3.05) is 19.7 Å². The van der Waals surface area contributed by atoms with Crippen LogP contribution in [0.4, 0.5) is 8.78 Å². The van der Waals surface area contributed by atoms with Gasteiger partial charge in [-0.3, -0.25) is 4.79 Å². The second kappa shape index (κ2) is 8.81. The lowest BCUT2D eigenvalue weighted by Gasteiger charge is -2.31. The predicted octanol–water partition coefficient (Wildman–Crippen LogP) is 2.18. The van der Waals surface area contributed by atoms with Crippen molar-refractivity contribution in [3.05, 3.63) is 0 Å². The molecule has 0 aromatic rings. The molecule has 0 radical (unpaired) electrons. The van der Waals surface area contributed by atoms with E-state index in [0.29, 0.717) is 25.7 Å². The number of hydrogen-bond acceptors (Lipinski definition) is 3. The van der Waals surface area contributed by atoms with Crippen molar-refractivity contribution in [3.63, 3.8) is 0 Å². The summed E-state index contributed by atoms with van der Waals surface area (Å²) in [5.74, 6) is -0.590. The third-order valence-electron chi connectivity index (χ3n) is 2.99. The summed E-state index contributed by atoms with van der Waals surface area (Å²) >= 11 is 0. The first-order valence-electron chi connectivity index (χ1n) is 6.57. The summed E-state index contributed by atoms with van der Waals surface area (Å²) in [5, 5.41) is 18.2. The molecule has 0 heterocycles. The topological polar surface area (TPSA) is 64.3 Å². The van der Waals surface area contributed by atoms with Crippen LogP contribution in [0.2, 0.25) is 0 Å². The zero-order chi connectivity index (χ0) is 14.9. The van der Waals surface area contributed by atoms with Gasteiger partial charge in [0.1, 0.15) is 5.41 Å². The van der Waals surface area contributed by atoms with Gasteiger partial charge in [0.05, 0.1) is 19.2 Å². The van der Waals surface area contributed by atoms with Crippen molar-refractivity contribution in [3.8, 4) is 6.07 Å². The fourth-order valence-corrected chi connectivity index (χ4v) is 2.22. The number of nitrogens with zero attached hydrogens (tertiary/aromatic N) is 2. The van der Waals surface area contributed by atoms with Gasteiger partial charge < -0.3 is 10.0 Å². The van der Waals surface area contributed by atoms with E-state index in [1.165, 1.54) is 0 Å². The molecule has 1 N–H and O–H groups in total. The number of amides is 1. The Balaban J connectivity index is 5.16. The molecule has 0 aliphatic heterocycles. The van der Waals surface area contributed by atoms with E-state index in [0.717, 1.165) is 4.90 Å². The Morgan fingerprint density at radius 1 is 1.37 bits per heavy atom. The maximum Gasteiger partial charge on any atom is 0.255 e. The van der Waals surface area contributed by atoms with Crippen LogP contribution in [0.15, 0.2) is 0 Å². The second-order valence-electron chi connectivity index (χ2n) is 4.56. The summed E-state index contributed by atoms with van der Waals surface area (Å²) in [5.41, 5.74) is -1.24. The number of carbonyl (C=O) groups is 1. The SMILES string of the molecule is CCCC(C#N)(CCC)C(=O)N(CCO)CC(F)F. The number of carbonyl (C=O) groups excluding carboxylic acids is 1. The fourth-order valence-electron chi connectivity index (χ4n) is 2.22. The highest BCUT2D eigenvalue weighted by molar-refractivity contribution is 5.85. The van der Waals surface area contributed by atoms with Crippen LogP contribution in [-0.4, -0.2) is 42.0 Å². The number of aliphatic hydroxyl groups excluding tert-OH is 1. The summed E-state index contributed by atoms with van der Waals surface area (Å²) in [7, 11) is 0. The molecule has 6 heteroatoms. The second-order valence-corrected chi connectivity index (χ2v) is 4.56.